The smallest absolute Gasteiger partial charge is 0.331 e. The number of benzene rings is 1. The highest BCUT2D eigenvalue weighted by atomic mass is 16.5. The first-order chi connectivity index (χ1) is 9.24. The molecule has 98 valence electrons. The van der Waals surface area contributed by atoms with Crippen LogP contribution < -0.4 is 4.74 Å². The van der Waals surface area contributed by atoms with Crippen LogP contribution in [0.3, 0.4) is 0 Å². The molecule has 1 aliphatic rings. The van der Waals surface area contributed by atoms with E-state index in [0.29, 0.717) is 31.1 Å². The molecule has 0 aromatic heterocycles. The zero-order valence-electron chi connectivity index (χ0n) is 10.5. The fourth-order valence-electron chi connectivity index (χ4n) is 1.90. The maximum absolute atomic E-state index is 11.5. The van der Waals surface area contributed by atoms with Crippen molar-refractivity contribution in [1.29, 1.82) is 0 Å². The van der Waals surface area contributed by atoms with E-state index in [0.717, 1.165) is 11.1 Å². The highest BCUT2D eigenvalue weighted by molar-refractivity contribution is 5.93. The Morgan fingerprint density at radius 2 is 2.42 bits per heavy atom. The van der Waals surface area contributed by atoms with Gasteiger partial charge < -0.3 is 9.47 Å². The molecular formula is C14H13NO4. The lowest BCUT2D eigenvalue weighted by Crippen LogP contribution is -2.09. The molecule has 2 rings (SSSR count). The molecule has 0 saturated heterocycles. The van der Waals surface area contributed by atoms with Crippen LogP contribution in [0.15, 0.2) is 29.3 Å². The highest BCUT2D eigenvalue weighted by Gasteiger charge is 2.17. The lowest BCUT2D eigenvalue weighted by molar-refractivity contribution is -0.137. The van der Waals surface area contributed by atoms with Crippen molar-refractivity contribution in [2.24, 2.45) is 4.99 Å². The maximum Gasteiger partial charge on any atom is 0.331 e. The van der Waals surface area contributed by atoms with Crippen LogP contribution in [0.4, 0.5) is 5.69 Å². The minimum atomic E-state index is -0.380. The van der Waals surface area contributed by atoms with Crippen molar-refractivity contribution in [3.8, 4) is 5.75 Å². The Labute approximate surface area is 110 Å². The fourth-order valence-corrected chi connectivity index (χ4v) is 1.90. The lowest BCUT2D eigenvalue weighted by Gasteiger charge is -2.20. The number of nitrogens with zero attached hydrogens (tertiary/aromatic N) is 1. The van der Waals surface area contributed by atoms with Crippen LogP contribution in [-0.4, -0.2) is 25.3 Å². The minimum Gasteiger partial charge on any atom is -0.493 e. The Kier molecular flexibility index (Phi) is 4.11. The standard InChI is InChI=1S/C14H13NO4/c1-2-18-14(17)7-10-5-6-19-13-4-3-11(15-9-16)8-12(10)13/h3-4,7-8H,2,5-6H2,1H3/b10-7+. The van der Waals surface area contributed by atoms with Gasteiger partial charge in [-0.1, -0.05) is 0 Å². The van der Waals surface area contributed by atoms with E-state index in [1.165, 1.54) is 12.2 Å². The van der Waals surface area contributed by atoms with Crippen molar-refractivity contribution >= 4 is 23.3 Å². The first kappa shape index (κ1) is 13.1. The van der Waals surface area contributed by atoms with Crippen LogP contribution >= 0.6 is 0 Å². The molecule has 0 spiro atoms. The summed E-state index contributed by atoms with van der Waals surface area (Å²) < 4.78 is 10.4. The number of fused-ring (bicyclic) bond motifs is 1. The van der Waals surface area contributed by atoms with Gasteiger partial charge in [-0.15, -0.1) is 0 Å². The number of ether oxygens (including phenoxy) is 2. The third-order valence-corrected chi connectivity index (χ3v) is 2.69. The third kappa shape index (κ3) is 3.09. The van der Waals surface area contributed by atoms with Crippen LogP contribution in [0, 0.1) is 0 Å². The summed E-state index contributed by atoms with van der Waals surface area (Å²) in [5, 5.41) is 0. The molecule has 5 nitrogen and oxygen atoms in total. The summed E-state index contributed by atoms with van der Waals surface area (Å²) in [6.45, 7) is 2.60. The molecule has 0 saturated carbocycles. The van der Waals surface area contributed by atoms with Crippen molar-refractivity contribution in [1.82, 2.24) is 0 Å². The molecule has 19 heavy (non-hydrogen) atoms. The number of aliphatic imine (C=N–C) groups is 1. The summed E-state index contributed by atoms with van der Waals surface area (Å²) in [7, 11) is 0. The van der Waals surface area contributed by atoms with Gasteiger partial charge in [-0.25, -0.2) is 9.59 Å². The van der Waals surface area contributed by atoms with Gasteiger partial charge in [0.25, 0.3) is 0 Å². The molecule has 1 aromatic carbocycles. The van der Waals surface area contributed by atoms with E-state index < -0.39 is 0 Å². The molecule has 0 bridgehead atoms. The number of isocyanates is 1. The number of hydrogen-bond donors (Lipinski definition) is 0. The van der Waals surface area contributed by atoms with Gasteiger partial charge in [0.1, 0.15) is 5.75 Å². The normalized spacial score (nSPS) is 15.1. The molecule has 1 aliphatic heterocycles. The quantitative estimate of drug-likeness (QED) is 0.362. The van der Waals surface area contributed by atoms with E-state index in [-0.39, 0.29) is 5.97 Å². The topological polar surface area (TPSA) is 65.0 Å². The second-order valence-electron chi connectivity index (χ2n) is 3.90. The predicted octanol–water partition coefficient (Wildman–Crippen LogP) is 2.38. The Bertz CT molecular complexity index is 571. The Hall–Kier alpha value is -2.39. The van der Waals surface area contributed by atoms with E-state index in [1.54, 1.807) is 25.1 Å². The zero-order valence-corrected chi connectivity index (χ0v) is 10.5. The van der Waals surface area contributed by atoms with Crippen LogP contribution in [0.2, 0.25) is 0 Å². The van der Waals surface area contributed by atoms with Crippen molar-refractivity contribution < 1.29 is 19.1 Å². The Balaban J connectivity index is 2.39. The Morgan fingerprint density at radius 3 is 3.16 bits per heavy atom. The third-order valence-electron chi connectivity index (χ3n) is 2.69. The number of carbonyl (C=O) groups excluding carboxylic acids is 2. The van der Waals surface area contributed by atoms with Crippen LogP contribution in [-0.2, 0) is 14.3 Å². The van der Waals surface area contributed by atoms with Gasteiger partial charge in [0, 0.05) is 18.1 Å². The lowest BCUT2D eigenvalue weighted by atomic mass is 9.99. The molecule has 0 fully saturated rings. The zero-order chi connectivity index (χ0) is 13.7. The number of rotatable bonds is 3. The van der Waals surface area contributed by atoms with Crippen molar-refractivity contribution in [3.63, 3.8) is 0 Å². The van der Waals surface area contributed by atoms with Gasteiger partial charge in [0.15, 0.2) is 0 Å². The fraction of sp³-hybridized carbons (Fsp3) is 0.286. The first-order valence-electron chi connectivity index (χ1n) is 5.97. The average Bonchev–Trinajstić information content (AvgIpc) is 2.40. The van der Waals surface area contributed by atoms with Crippen LogP contribution in [0.5, 0.6) is 5.75 Å². The predicted molar refractivity (Wildman–Crippen MR) is 68.9 cm³/mol. The number of hydrogen-bond acceptors (Lipinski definition) is 5. The van der Waals surface area contributed by atoms with E-state index in [1.807, 2.05) is 0 Å². The number of esters is 1. The summed E-state index contributed by atoms with van der Waals surface area (Å²) in [6.07, 6.45) is 3.56. The molecule has 1 heterocycles. The first-order valence-corrected chi connectivity index (χ1v) is 5.97. The van der Waals surface area contributed by atoms with E-state index in [4.69, 9.17) is 9.47 Å². The van der Waals surface area contributed by atoms with Gasteiger partial charge in [0.2, 0.25) is 6.08 Å². The summed E-state index contributed by atoms with van der Waals surface area (Å²) in [4.78, 5) is 25.3. The summed E-state index contributed by atoms with van der Waals surface area (Å²) in [5.41, 5.74) is 2.06. The summed E-state index contributed by atoms with van der Waals surface area (Å²) >= 11 is 0. The van der Waals surface area contributed by atoms with E-state index in [2.05, 4.69) is 4.99 Å². The van der Waals surface area contributed by atoms with Gasteiger partial charge in [-0.05, 0) is 30.7 Å². The molecule has 5 heteroatoms. The minimum absolute atomic E-state index is 0.335. The average molecular weight is 259 g/mol. The summed E-state index contributed by atoms with van der Waals surface area (Å²) in [6, 6.07) is 5.09. The van der Waals surface area contributed by atoms with Gasteiger partial charge in [-0.2, -0.15) is 4.99 Å². The number of carbonyl (C=O) groups is 1. The van der Waals surface area contributed by atoms with Gasteiger partial charge in [0.05, 0.1) is 18.9 Å². The largest absolute Gasteiger partial charge is 0.493 e. The van der Waals surface area contributed by atoms with E-state index >= 15 is 0 Å². The second-order valence-corrected chi connectivity index (χ2v) is 3.90. The van der Waals surface area contributed by atoms with Gasteiger partial charge >= 0.3 is 5.97 Å². The van der Waals surface area contributed by atoms with Gasteiger partial charge in [-0.3, -0.25) is 0 Å². The molecular weight excluding hydrogens is 246 g/mol. The molecule has 0 aliphatic carbocycles. The maximum atomic E-state index is 11.5. The molecule has 0 unspecified atom stereocenters. The van der Waals surface area contributed by atoms with Crippen molar-refractivity contribution in [3.05, 3.63) is 29.8 Å². The molecule has 0 atom stereocenters. The molecule has 0 radical (unpaired) electrons. The highest BCUT2D eigenvalue weighted by Crippen LogP contribution is 2.35. The van der Waals surface area contributed by atoms with E-state index in [9.17, 15) is 9.59 Å². The van der Waals surface area contributed by atoms with Crippen molar-refractivity contribution in [2.45, 2.75) is 13.3 Å². The van der Waals surface area contributed by atoms with Crippen molar-refractivity contribution in [2.75, 3.05) is 13.2 Å². The molecule has 1 aromatic rings. The molecule has 0 amide bonds. The molecule has 0 N–H and O–H groups in total. The Morgan fingerprint density at radius 1 is 1.58 bits per heavy atom. The van der Waals surface area contributed by atoms with Crippen LogP contribution in [0.25, 0.3) is 5.57 Å². The monoisotopic (exact) mass is 259 g/mol. The summed E-state index contributed by atoms with van der Waals surface area (Å²) in [5.74, 6) is 0.293. The second kappa shape index (κ2) is 5.98. The van der Waals surface area contributed by atoms with Crippen LogP contribution in [0.1, 0.15) is 18.9 Å². The SMILES string of the molecule is CCOC(=O)/C=C1\CCOc2ccc(N=C=O)cc21.